The zero-order valence-electron chi connectivity index (χ0n) is 5.93. The van der Waals surface area contributed by atoms with E-state index in [2.05, 4.69) is 4.36 Å². The first-order valence-electron chi connectivity index (χ1n) is 3.06. The molecular weight excluding hydrogens is 180 g/mol. The number of nitrogens with zero attached hydrogens (tertiary/aromatic N) is 2. The lowest BCUT2D eigenvalue weighted by molar-refractivity contribution is -0.384. The quantitative estimate of drug-likeness (QED) is 0.512. The second-order valence-electron chi connectivity index (χ2n) is 1.98. The molecule has 12 heavy (non-hydrogen) atoms. The summed E-state index contributed by atoms with van der Waals surface area (Å²) in [4.78, 5) is 9.69. The molecule has 0 N–H and O–H groups in total. The van der Waals surface area contributed by atoms with Crippen molar-refractivity contribution >= 4 is 22.8 Å². The molecule has 0 amide bonds. The summed E-state index contributed by atoms with van der Waals surface area (Å²) >= 11 is -0.768. The Kier molecular flexibility index (Phi) is 2.76. The highest BCUT2D eigenvalue weighted by molar-refractivity contribution is 7.54. The van der Waals surface area contributed by atoms with Gasteiger partial charge in [0.15, 0.2) is 0 Å². The Labute approximate surface area is 71.4 Å². The van der Waals surface area contributed by atoms with Crippen molar-refractivity contribution in [1.82, 2.24) is 0 Å². The molecule has 0 aliphatic carbocycles. The molecule has 1 aromatic rings. The van der Waals surface area contributed by atoms with Crippen molar-refractivity contribution in [3.05, 3.63) is 34.4 Å². The number of hydrogen-bond donors (Lipinski definition) is 0. The van der Waals surface area contributed by atoms with E-state index in [1.54, 1.807) is 0 Å². The van der Waals surface area contributed by atoms with Crippen LogP contribution >= 0.6 is 0 Å². The van der Waals surface area contributed by atoms with Crippen LogP contribution in [0.4, 0.5) is 11.4 Å². The van der Waals surface area contributed by atoms with Gasteiger partial charge in [-0.25, -0.2) is 4.36 Å². The molecule has 0 atom stereocenters. The van der Waals surface area contributed by atoms with Gasteiger partial charge in [0, 0.05) is 23.6 Å². The smallest absolute Gasteiger partial charge is 0.258 e. The van der Waals surface area contributed by atoms with E-state index >= 15 is 0 Å². The third-order valence-electron chi connectivity index (χ3n) is 1.24. The third kappa shape index (κ3) is 2.03. The minimum atomic E-state index is -0.768. The van der Waals surface area contributed by atoms with E-state index in [9.17, 15) is 14.3 Å². The summed E-state index contributed by atoms with van der Waals surface area (Å²) in [6.07, 6.45) is 0. The summed E-state index contributed by atoms with van der Waals surface area (Å²) in [6.45, 7) is 0. The summed E-state index contributed by atoms with van der Waals surface area (Å²) < 4.78 is 13.6. The Bertz CT molecular complexity index is 321. The lowest BCUT2D eigenvalue weighted by Gasteiger charge is -1.90. The first-order chi connectivity index (χ1) is 5.74. The fraction of sp³-hybridized carbons (Fsp3) is 0. The summed E-state index contributed by atoms with van der Waals surface area (Å²) in [5.41, 5.74) is 0.483. The van der Waals surface area contributed by atoms with Crippen molar-refractivity contribution in [3.63, 3.8) is 0 Å². The zero-order valence-corrected chi connectivity index (χ0v) is 6.93. The highest BCUT2D eigenvalue weighted by atomic mass is 32.1. The van der Waals surface area contributed by atoms with Gasteiger partial charge in [-0.15, -0.1) is 0 Å². The molecule has 0 saturated carbocycles. The Morgan fingerprint density at radius 3 is 2.33 bits per heavy atom. The third-order valence-corrected chi connectivity index (χ3v) is 1.58. The summed E-state index contributed by atoms with van der Waals surface area (Å²) in [6, 6.07) is 5.53. The Balaban J connectivity index is 3.00. The number of benzene rings is 1. The van der Waals surface area contributed by atoms with E-state index in [0.29, 0.717) is 5.69 Å². The standard InChI is InChI=1S/C6H6N2O3S/c9-8(10)6-3-1-5(2-4-6)7-12-11/h1-4H,12H2. The second-order valence-corrected chi connectivity index (χ2v) is 2.38. The Morgan fingerprint density at radius 1 is 1.33 bits per heavy atom. The van der Waals surface area contributed by atoms with Gasteiger partial charge >= 0.3 is 0 Å². The van der Waals surface area contributed by atoms with Gasteiger partial charge in [0.25, 0.3) is 5.69 Å². The fourth-order valence-corrected chi connectivity index (χ4v) is 0.956. The molecule has 0 aliphatic rings. The first kappa shape index (κ1) is 8.66. The van der Waals surface area contributed by atoms with Crippen molar-refractivity contribution in [2.45, 2.75) is 0 Å². The Hall–Kier alpha value is -1.43. The largest absolute Gasteiger partial charge is 0.269 e. The molecule has 0 radical (unpaired) electrons. The average molecular weight is 186 g/mol. The van der Waals surface area contributed by atoms with Crippen LogP contribution in [0.2, 0.25) is 0 Å². The van der Waals surface area contributed by atoms with Crippen LogP contribution in [0.3, 0.4) is 0 Å². The van der Waals surface area contributed by atoms with E-state index in [4.69, 9.17) is 0 Å². The predicted molar refractivity (Wildman–Crippen MR) is 46.1 cm³/mol. The number of hydrogen-bond acceptors (Lipinski definition) is 4. The first-order valence-corrected chi connectivity index (χ1v) is 3.92. The molecule has 0 heterocycles. The number of rotatable bonds is 2. The Morgan fingerprint density at radius 2 is 1.92 bits per heavy atom. The maximum Gasteiger partial charge on any atom is 0.269 e. The van der Waals surface area contributed by atoms with Crippen LogP contribution in [0.5, 0.6) is 0 Å². The fourth-order valence-electron chi connectivity index (χ4n) is 0.702. The molecule has 0 spiro atoms. The van der Waals surface area contributed by atoms with Gasteiger partial charge in [-0.05, 0) is 12.1 Å². The molecule has 5 nitrogen and oxygen atoms in total. The number of nitro benzene ring substituents is 1. The summed E-state index contributed by atoms with van der Waals surface area (Å²) in [5.74, 6) is 0. The average Bonchev–Trinajstić information content (AvgIpc) is 2.06. The summed E-state index contributed by atoms with van der Waals surface area (Å²) in [7, 11) is 0. The number of nitro groups is 1. The normalized spacial score (nSPS) is 10.3. The highest BCUT2D eigenvalue weighted by Crippen LogP contribution is 2.16. The molecule has 1 rings (SSSR count). The minimum Gasteiger partial charge on any atom is -0.258 e. The van der Waals surface area contributed by atoms with Gasteiger partial charge in [-0.1, -0.05) is 0 Å². The topological polar surface area (TPSA) is 72.6 Å². The molecule has 0 aromatic heterocycles. The van der Waals surface area contributed by atoms with Crippen LogP contribution in [0.15, 0.2) is 28.6 Å². The van der Waals surface area contributed by atoms with Crippen LogP contribution in [-0.4, -0.2) is 9.13 Å². The predicted octanol–water partition coefficient (Wildman–Crippen LogP) is 1.09. The van der Waals surface area contributed by atoms with E-state index in [-0.39, 0.29) is 5.69 Å². The number of non-ortho nitro benzene ring substituents is 1. The molecule has 1 aromatic carbocycles. The van der Waals surface area contributed by atoms with Crippen LogP contribution in [-0.2, 0) is 11.5 Å². The van der Waals surface area contributed by atoms with E-state index in [1.807, 2.05) is 0 Å². The second kappa shape index (κ2) is 3.82. The van der Waals surface area contributed by atoms with Crippen LogP contribution in [0, 0.1) is 10.1 Å². The van der Waals surface area contributed by atoms with Gasteiger partial charge in [0.05, 0.1) is 10.6 Å². The minimum absolute atomic E-state index is 0.00295. The highest BCUT2D eigenvalue weighted by Gasteiger charge is 2.02. The lowest BCUT2D eigenvalue weighted by Crippen LogP contribution is -1.85. The van der Waals surface area contributed by atoms with Crippen molar-refractivity contribution in [2.75, 3.05) is 0 Å². The van der Waals surface area contributed by atoms with Crippen molar-refractivity contribution in [2.24, 2.45) is 4.36 Å². The summed E-state index contributed by atoms with van der Waals surface area (Å²) in [5, 5.41) is 10.2. The molecule has 0 unspecified atom stereocenters. The molecular formula is C6H6N2O3S. The maximum absolute atomic E-state index is 10.2. The van der Waals surface area contributed by atoms with E-state index in [0.717, 1.165) is 0 Å². The van der Waals surface area contributed by atoms with Gasteiger partial charge in [-0.2, -0.15) is 0 Å². The molecule has 0 fully saturated rings. The van der Waals surface area contributed by atoms with E-state index in [1.165, 1.54) is 24.3 Å². The molecule has 64 valence electrons. The van der Waals surface area contributed by atoms with Crippen molar-refractivity contribution in [3.8, 4) is 0 Å². The maximum atomic E-state index is 10.2. The van der Waals surface area contributed by atoms with Gasteiger partial charge < -0.3 is 0 Å². The van der Waals surface area contributed by atoms with Crippen molar-refractivity contribution in [1.29, 1.82) is 0 Å². The monoisotopic (exact) mass is 186 g/mol. The SMILES string of the molecule is O=[SH2]=Nc1ccc([N+](=O)[O-])cc1. The van der Waals surface area contributed by atoms with Gasteiger partial charge in [0.2, 0.25) is 0 Å². The lowest BCUT2D eigenvalue weighted by atomic mass is 10.3. The van der Waals surface area contributed by atoms with E-state index < -0.39 is 16.4 Å². The zero-order chi connectivity index (χ0) is 8.97. The van der Waals surface area contributed by atoms with Crippen LogP contribution in [0.25, 0.3) is 0 Å². The molecule has 6 heteroatoms. The van der Waals surface area contributed by atoms with Crippen LogP contribution in [0.1, 0.15) is 0 Å². The van der Waals surface area contributed by atoms with Gasteiger partial charge in [-0.3, -0.25) is 14.3 Å². The van der Waals surface area contributed by atoms with Gasteiger partial charge in [0.1, 0.15) is 0 Å². The molecule has 0 saturated heterocycles. The molecule has 0 aliphatic heterocycles. The van der Waals surface area contributed by atoms with Crippen molar-refractivity contribution < 1.29 is 9.13 Å². The molecule has 0 bridgehead atoms. The van der Waals surface area contributed by atoms with Crippen LogP contribution < -0.4 is 0 Å².